The van der Waals surface area contributed by atoms with E-state index in [0.717, 1.165) is 15.8 Å². The van der Waals surface area contributed by atoms with Crippen LogP contribution in [0.15, 0.2) is 6.20 Å². The summed E-state index contributed by atoms with van der Waals surface area (Å²) in [5.41, 5.74) is -0.685. The average Bonchev–Trinajstić information content (AvgIpc) is 2.79. The molecule has 0 aliphatic carbocycles. The number of aromatic nitrogens is 2. The molecule has 0 atom stereocenters. The van der Waals surface area contributed by atoms with Crippen molar-refractivity contribution in [2.45, 2.75) is 40.2 Å². The van der Waals surface area contributed by atoms with Crippen LogP contribution >= 0.6 is 0 Å². The molecule has 124 valence electrons. The van der Waals surface area contributed by atoms with Gasteiger partial charge in [0, 0.05) is 13.1 Å². The Balaban J connectivity index is 3.14. The molecule has 1 N–H and O–H groups in total. The molecule has 1 amide bonds. The van der Waals surface area contributed by atoms with E-state index in [0.29, 0.717) is 6.42 Å². The zero-order valence-corrected chi connectivity index (χ0v) is 12.9. The molecule has 0 saturated heterocycles. The molecule has 1 aromatic heterocycles. The van der Waals surface area contributed by atoms with Crippen LogP contribution in [0.5, 0.6) is 0 Å². The van der Waals surface area contributed by atoms with Gasteiger partial charge in [-0.1, -0.05) is 20.8 Å². The van der Waals surface area contributed by atoms with Gasteiger partial charge in [-0.15, -0.1) is 0 Å². The van der Waals surface area contributed by atoms with Crippen molar-refractivity contribution >= 4 is 11.9 Å². The van der Waals surface area contributed by atoms with Crippen LogP contribution < -0.4 is 0 Å². The summed E-state index contributed by atoms with van der Waals surface area (Å²) in [6.07, 6.45) is -1.23. The highest BCUT2D eigenvalue weighted by Gasteiger charge is 2.28. The summed E-state index contributed by atoms with van der Waals surface area (Å²) in [5, 5.41) is 12.7. The Labute approximate surface area is 127 Å². The highest BCUT2D eigenvalue weighted by molar-refractivity contribution is 5.96. The van der Waals surface area contributed by atoms with E-state index in [4.69, 9.17) is 5.11 Å². The molecule has 1 rings (SSSR count). The fraction of sp³-hybridized carbons (Fsp3) is 0.643. The van der Waals surface area contributed by atoms with E-state index >= 15 is 0 Å². The van der Waals surface area contributed by atoms with Gasteiger partial charge in [-0.25, -0.2) is 8.78 Å². The third-order valence-electron chi connectivity index (χ3n) is 2.96. The summed E-state index contributed by atoms with van der Waals surface area (Å²) >= 11 is 0. The number of aliphatic carboxylic acids is 1. The first-order valence-electron chi connectivity index (χ1n) is 7.12. The van der Waals surface area contributed by atoms with Crippen molar-refractivity contribution in [2.75, 3.05) is 13.1 Å². The number of hydrogen-bond acceptors (Lipinski definition) is 3. The number of hydrogen-bond donors (Lipinski definition) is 1. The summed E-state index contributed by atoms with van der Waals surface area (Å²) < 4.78 is 27.7. The number of halogens is 2. The van der Waals surface area contributed by atoms with Crippen molar-refractivity contribution in [3.8, 4) is 0 Å². The Bertz CT molecular complexity index is 529. The van der Waals surface area contributed by atoms with Gasteiger partial charge in [0.05, 0.1) is 11.8 Å². The molecule has 6 nitrogen and oxygen atoms in total. The van der Waals surface area contributed by atoms with Crippen LogP contribution in [0.4, 0.5) is 8.78 Å². The van der Waals surface area contributed by atoms with Crippen molar-refractivity contribution in [3.05, 3.63) is 17.5 Å². The maximum absolute atomic E-state index is 13.3. The molecule has 1 heterocycles. The monoisotopic (exact) mass is 317 g/mol. The van der Waals surface area contributed by atoms with Gasteiger partial charge in [-0.05, 0) is 12.3 Å². The summed E-state index contributed by atoms with van der Waals surface area (Å²) in [7, 11) is 0. The van der Waals surface area contributed by atoms with E-state index in [1.807, 2.05) is 13.8 Å². The smallest absolute Gasteiger partial charge is 0.323 e. The summed E-state index contributed by atoms with van der Waals surface area (Å²) in [4.78, 5) is 24.2. The fourth-order valence-electron chi connectivity index (χ4n) is 2.14. The van der Waals surface area contributed by atoms with Crippen molar-refractivity contribution in [1.29, 1.82) is 0 Å². The van der Waals surface area contributed by atoms with Crippen LogP contribution in [0.2, 0.25) is 0 Å². The molecule has 0 aliphatic heterocycles. The molecule has 0 radical (unpaired) electrons. The summed E-state index contributed by atoms with van der Waals surface area (Å²) in [5.74, 6) is -1.82. The number of carbonyl (C=O) groups is 2. The first kappa shape index (κ1) is 18.1. The molecular weight excluding hydrogens is 296 g/mol. The van der Waals surface area contributed by atoms with E-state index in [-0.39, 0.29) is 24.6 Å². The van der Waals surface area contributed by atoms with Crippen LogP contribution in [0.1, 0.15) is 49.7 Å². The molecule has 0 saturated carbocycles. The number of rotatable bonds is 8. The topological polar surface area (TPSA) is 75.4 Å². The van der Waals surface area contributed by atoms with Crippen LogP contribution in [0.25, 0.3) is 0 Å². The second kappa shape index (κ2) is 7.86. The third kappa shape index (κ3) is 4.51. The van der Waals surface area contributed by atoms with Gasteiger partial charge >= 0.3 is 5.97 Å². The minimum absolute atomic E-state index is 0.0890. The van der Waals surface area contributed by atoms with Gasteiger partial charge in [0.15, 0.2) is 0 Å². The number of carbonyl (C=O) groups excluding carboxylic acids is 1. The lowest BCUT2D eigenvalue weighted by atomic mass is 10.2. The number of alkyl halides is 2. The second-order valence-corrected chi connectivity index (χ2v) is 5.44. The Morgan fingerprint density at radius 2 is 2.05 bits per heavy atom. The molecule has 0 aromatic carbocycles. The maximum Gasteiger partial charge on any atom is 0.323 e. The van der Waals surface area contributed by atoms with Crippen molar-refractivity contribution in [1.82, 2.24) is 14.7 Å². The van der Waals surface area contributed by atoms with Gasteiger partial charge in [0.1, 0.15) is 12.2 Å². The molecule has 0 fully saturated rings. The lowest BCUT2D eigenvalue weighted by Crippen LogP contribution is -2.36. The quantitative estimate of drug-likeness (QED) is 0.799. The van der Waals surface area contributed by atoms with Gasteiger partial charge in [0.25, 0.3) is 12.3 Å². The fourth-order valence-corrected chi connectivity index (χ4v) is 2.14. The third-order valence-corrected chi connectivity index (χ3v) is 2.96. The van der Waals surface area contributed by atoms with Crippen LogP contribution in [0, 0.1) is 5.92 Å². The summed E-state index contributed by atoms with van der Waals surface area (Å²) in [6.45, 7) is 5.41. The van der Waals surface area contributed by atoms with Gasteiger partial charge in [-0.2, -0.15) is 5.10 Å². The number of carboxylic acids is 1. The Hall–Kier alpha value is -1.99. The highest BCUT2D eigenvalue weighted by atomic mass is 19.3. The van der Waals surface area contributed by atoms with Crippen molar-refractivity contribution < 1.29 is 23.5 Å². The minimum atomic E-state index is -2.85. The lowest BCUT2D eigenvalue weighted by molar-refractivity contribution is -0.137. The van der Waals surface area contributed by atoms with E-state index in [1.165, 1.54) is 0 Å². The predicted molar refractivity (Wildman–Crippen MR) is 75.9 cm³/mol. The molecule has 0 aliphatic rings. The zero-order valence-electron chi connectivity index (χ0n) is 12.9. The molecule has 0 unspecified atom stereocenters. The van der Waals surface area contributed by atoms with E-state index in [2.05, 4.69) is 5.10 Å². The minimum Gasteiger partial charge on any atom is -0.480 e. The number of amides is 1. The number of carboxylic acid groups (broad SMARTS) is 1. The number of nitrogens with zero attached hydrogens (tertiary/aromatic N) is 3. The zero-order chi connectivity index (χ0) is 16.9. The van der Waals surface area contributed by atoms with Gasteiger partial charge in [0.2, 0.25) is 0 Å². The first-order valence-corrected chi connectivity index (χ1v) is 7.12. The normalized spacial score (nSPS) is 11.2. The first-order chi connectivity index (χ1) is 10.3. The second-order valence-electron chi connectivity index (χ2n) is 5.44. The molecular formula is C14H21F2N3O3. The highest BCUT2D eigenvalue weighted by Crippen LogP contribution is 2.25. The van der Waals surface area contributed by atoms with Gasteiger partial charge < -0.3 is 10.0 Å². The van der Waals surface area contributed by atoms with Gasteiger partial charge in [-0.3, -0.25) is 14.3 Å². The van der Waals surface area contributed by atoms with Crippen molar-refractivity contribution in [2.24, 2.45) is 5.92 Å². The van der Waals surface area contributed by atoms with Crippen LogP contribution in [-0.2, 0) is 11.3 Å². The predicted octanol–water partition coefficient (Wildman–Crippen LogP) is 2.41. The molecule has 1 aromatic rings. The largest absolute Gasteiger partial charge is 0.480 e. The van der Waals surface area contributed by atoms with E-state index in [1.54, 1.807) is 6.92 Å². The molecule has 22 heavy (non-hydrogen) atoms. The Morgan fingerprint density at radius 1 is 1.41 bits per heavy atom. The molecule has 0 spiro atoms. The van der Waals surface area contributed by atoms with Crippen LogP contribution in [-0.4, -0.2) is 44.8 Å². The lowest BCUT2D eigenvalue weighted by Gasteiger charge is -2.20. The van der Waals surface area contributed by atoms with Crippen LogP contribution in [0.3, 0.4) is 0 Å². The molecule has 0 bridgehead atoms. The summed E-state index contributed by atoms with van der Waals surface area (Å²) in [6, 6.07) is 0. The van der Waals surface area contributed by atoms with Crippen molar-refractivity contribution in [3.63, 3.8) is 0 Å². The van der Waals surface area contributed by atoms with E-state index < -0.39 is 30.5 Å². The van der Waals surface area contributed by atoms with E-state index in [9.17, 15) is 18.4 Å². The Morgan fingerprint density at radius 3 is 2.50 bits per heavy atom. The SMILES string of the molecule is CCCN(CC(=O)O)C(=O)c1cnn(CC(C)C)c1C(F)F. The maximum atomic E-state index is 13.3. The standard InChI is InChI=1S/C14H21F2N3O3/c1-4-5-18(8-11(20)21)14(22)10-6-17-19(7-9(2)3)12(10)13(15)16/h6,9,13H,4-5,7-8H2,1-3H3,(H,20,21). The average molecular weight is 317 g/mol. The molecule has 8 heteroatoms. The Kier molecular flexibility index (Phi) is 6.45.